The van der Waals surface area contributed by atoms with Crippen molar-refractivity contribution >= 4 is 0 Å². The van der Waals surface area contributed by atoms with E-state index in [2.05, 4.69) is 30.1 Å². The van der Waals surface area contributed by atoms with E-state index in [-0.39, 0.29) is 0 Å². The Labute approximate surface area is 110 Å². The molecule has 0 atom stereocenters. The summed E-state index contributed by atoms with van der Waals surface area (Å²) >= 11 is 0. The molecule has 1 aromatic carbocycles. The molecule has 98 valence electrons. The second-order valence-electron chi connectivity index (χ2n) is 4.86. The van der Waals surface area contributed by atoms with Crippen LogP contribution in [0.25, 0.3) is 0 Å². The van der Waals surface area contributed by atoms with E-state index in [1.807, 2.05) is 0 Å². The third kappa shape index (κ3) is 3.80. The normalized spacial score (nSPS) is 13.6. The van der Waals surface area contributed by atoms with Gasteiger partial charge in [-0.05, 0) is 55.5 Å². The molecular formula is C16H23NO. The molecule has 1 aliphatic rings. The molecule has 2 rings (SSSR count). The van der Waals surface area contributed by atoms with E-state index in [1.165, 1.54) is 43.2 Å². The van der Waals surface area contributed by atoms with Gasteiger partial charge in [0.25, 0.3) is 0 Å². The standard InChI is InChI=1S/C16H23NO/c1-2-17-11-5-3-4-7-14-9-10-16-15(13-14)8-6-12-18-16/h2,9-10,13,17H,1,3-8,11-12H2. The molecule has 1 heterocycles. The number of benzene rings is 1. The predicted molar refractivity (Wildman–Crippen MR) is 76.0 cm³/mol. The van der Waals surface area contributed by atoms with E-state index >= 15 is 0 Å². The first-order valence-corrected chi connectivity index (χ1v) is 6.99. The zero-order valence-electron chi connectivity index (χ0n) is 11.1. The number of hydrogen-bond donors (Lipinski definition) is 1. The van der Waals surface area contributed by atoms with Crippen LogP contribution < -0.4 is 10.1 Å². The molecule has 0 amide bonds. The average Bonchev–Trinajstić information content (AvgIpc) is 2.42. The highest BCUT2D eigenvalue weighted by molar-refractivity contribution is 5.38. The van der Waals surface area contributed by atoms with Crippen molar-refractivity contribution < 1.29 is 4.74 Å². The predicted octanol–water partition coefficient (Wildman–Crippen LogP) is 3.46. The topological polar surface area (TPSA) is 21.3 Å². The van der Waals surface area contributed by atoms with Crippen molar-refractivity contribution in [1.82, 2.24) is 5.32 Å². The van der Waals surface area contributed by atoms with E-state index in [4.69, 9.17) is 4.74 Å². The second-order valence-corrected chi connectivity index (χ2v) is 4.86. The highest BCUT2D eigenvalue weighted by atomic mass is 16.5. The van der Waals surface area contributed by atoms with Gasteiger partial charge in [0.1, 0.15) is 5.75 Å². The Bertz CT molecular complexity index is 387. The molecule has 2 heteroatoms. The maximum Gasteiger partial charge on any atom is 0.122 e. The Morgan fingerprint density at radius 2 is 2.22 bits per heavy atom. The third-order valence-electron chi connectivity index (χ3n) is 3.40. The van der Waals surface area contributed by atoms with Crippen LogP contribution in [0, 0.1) is 0 Å². The van der Waals surface area contributed by atoms with Gasteiger partial charge in [-0.25, -0.2) is 0 Å². The van der Waals surface area contributed by atoms with Gasteiger partial charge in [-0.1, -0.05) is 25.1 Å². The van der Waals surface area contributed by atoms with Crippen molar-refractivity contribution in [1.29, 1.82) is 0 Å². The van der Waals surface area contributed by atoms with Crippen molar-refractivity contribution in [2.45, 2.75) is 38.5 Å². The first kappa shape index (κ1) is 13.0. The van der Waals surface area contributed by atoms with Gasteiger partial charge >= 0.3 is 0 Å². The Morgan fingerprint density at radius 3 is 3.11 bits per heavy atom. The number of aryl methyl sites for hydroxylation is 2. The van der Waals surface area contributed by atoms with Crippen molar-refractivity contribution in [3.8, 4) is 5.75 Å². The fourth-order valence-corrected chi connectivity index (χ4v) is 2.40. The van der Waals surface area contributed by atoms with Crippen LogP contribution in [0.4, 0.5) is 0 Å². The van der Waals surface area contributed by atoms with Crippen molar-refractivity contribution in [2.75, 3.05) is 13.2 Å². The van der Waals surface area contributed by atoms with Gasteiger partial charge in [-0.3, -0.25) is 0 Å². The fraction of sp³-hybridized carbons (Fsp3) is 0.500. The highest BCUT2D eigenvalue weighted by Gasteiger charge is 2.10. The summed E-state index contributed by atoms with van der Waals surface area (Å²) in [4.78, 5) is 0. The first-order chi connectivity index (χ1) is 8.90. The van der Waals surface area contributed by atoms with Gasteiger partial charge in [-0.2, -0.15) is 0 Å². The number of rotatable bonds is 7. The first-order valence-electron chi connectivity index (χ1n) is 6.99. The Morgan fingerprint density at radius 1 is 1.28 bits per heavy atom. The molecule has 18 heavy (non-hydrogen) atoms. The lowest BCUT2D eigenvalue weighted by Crippen LogP contribution is -2.08. The molecule has 0 saturated heterocycles. The summed E-state index contributed by atoms with van der Waals surface area (Å²) in [6, 6.07) is 6.69. The van der Waals surface area contributed by atoms with Gasteiger partial charge in [0.15, 0.2) is 0 Å². The quantitative estimate of drug-likeness (QED) is 0.743. The highest BCUT2D eigenvalue weighted by Crippen LogP contribution is 2.26. The fourth-order valence-electron chi connectivity index (χ4n) is 2.40. The number of hydrogen-bond acceptors (Lipinski definition) is 2. The van der Waals surface area contributed by atoms with Crippen LogP contribution in [-0.2, 0) is 12.8 Å². The summed E-state index contributed by atoms with van der Waals surface area (Å²) in [5.74, 6) is 1.10. The smallest absolute Gasteiger partial charge is 0.122 e. The van der Waals surface area contributed by atoms with Crippen LogP contribution in [0.3, 0.4) is 0 Å². The maximum absolute atomic E-state index is 5.63. The summed E-state index contributed by atoms with van der Waals surface area (Å²) < 4.78 is 5.63. The SMILES string of the molecule is C=CNCCCCCc1ccc2c(c1)CCCO2. The van der Waals surface area contributed by atoms with Crippen LogP contribution in [0.5, 0.6) is 5.75 Å². The molecule has 0 aromatic heterocycles. The Kier molecular flexibility index (Phi) is 5.13. The van der Waals surface area contributed by atoms with Crippen molar-refractivity contribution in [3.05, 3.63) is 42.1 Å². The molecule has 1 aliphatic heterocycles. The average molecular weight is 245 g/mol. The lowest BCUT2D eigenvalue weighted by atomic mass is 10.00. The van der Waals surface area contributed by atoms with E-state index in [0.717, 1.165) is 25.3 Å². The van der Waals surface area contributed by atoms with E-state index < -0.39 is 0 Å². The third-order valence-corrected chi connectivity index (χ3v) is 3.40. The maximum atomic E-state index is 5.63. The summed E-state index contributed by atoms with van der Waals surface area (Å²) in [5, 5.41) is 3.14. The molecule has 0 aliphatic carbocycles. The molecule has 2 nitrogen and oxygen atoms in total. The molecule has 0 radical (unpaired) electrons. The Hall–Kier alpha value is -1.44. The minimum atomic E-state index is 0.878. The molecule has 0 bridgehead atoms. The van der Waals surface area contributed by atoms with Gasteiger partial charge in [0.2, 0.25) is 0 Å². The van der Waals surface area contributed by atoms with Gasteiger partial charge in [-0.15, -0.1) is 0 Å². The minimum Gasteiger partial charge on any atom is -0.493 e. The monoisotopic (exact) mass is 245 g/mol. The minimum absolute atomic E-state index is 0.878. The van der Waals surface area contributed by atoms with Crippen LogP contribution in [0.1, 0.15) is 36.8 Å². The van der Waals surface area contributed by atoms with E-state index in [1.54, 1.807) is 6.20 Å². The number of nitrogens with one attached hydrogen (secondary N) is 1. The number of fused-ring (bicyclic) bond motifs is 1. The molecule has 1 aromatic rings. The largest absolute Gasteiger partial charge is 0.493 e. The summed E-state index contributed by atoms with van der Waals surface area (Å²) in [5.41, 5.74) is 2.85. The second kappa shape index (κ2) is 7.10. The Balaban J connectivity index is 1.74. The zero-order valence-corrected chi connectivity index (χ0v) is 11.1. The summed E-state index contributed by atoms with van der Waals surface area (Å²) in [6.45, 7) is 5.56. The molecule has 1 N–H and O–H groups in total. The van der Waals surface area contributed by atoms with Crippen LogP contribution in [-0.4, -0.2) is 13.2 Å². The summed E-state index contributed by atoms with van der Waals surface area (Å²) in [7, 11) is 0. The summed E-state index contributed by atoms with van der Waals surface area (Å²) in [6.07, 6.45) is 9.04. The number of unbranched alkanes of at least 4 members (excludes halogenated alkanes) is 2. The number of ether oxygens (including phenoxy) is 1. The van der Waals surface area contributed by atoms with E-state index in [0.29, 0.717) is 0 Å². The molecular weight excluding hydrogens is 222 g/mol. The van der Waals surface area contributed by atoms with Crippen molar-refractivity contribution in [3.63, 3.8) is 0 Å². The van der Waals surface area contributed by atoms with Crippen LogP contribution >= 0.6 is 0 Å². The van der Waals surface area contributed by atoms with Gasteiger partial charge in [0, 0.05) is 6.54 Å². The lowest BCUT2D eigenvalue weighted by Gasteiger charge is -2.17. The molecule has 0 spiro atoms. The van der Waals surface area contributed by atoms with Crippen LogP contribution in [0.2, 0.25) is 0 Å². The molecule has 0 saturated carbocycles. The zero-order chi connectivity index (χ0) is 12.6. The lowest BCUT2D eigenvalue weighted by molar-refractivity contribution is 0.288. The van der Waals surface area contributed by atoms with Gasteiger partial charge in [0.05, 0.1) is 6.61 Å². The molecule has 0 fully saturated rings. The van der Waals surface area contributed by atoms with Crippen LogP contribution in [0.15, 0.2) is 31.0 Å². The van der Waals surface area contributed by atoms with Crippen molar-refractivity contribution in [2.24, 2.45) is 0 Å². The van der Waals surface area contributed by atoms with Gasteiger partial charge < -0.3 is 10.1 Å². The molecule has 0 unspecified atom stereocenters. The van der Waals surface area contributed by atoms with E-state index in [9.17, 15) is 0 Å².